The van der Waals surface area contributed by atoms with Gasteiger partial charge in [-0.3, -0.25) is 9.69 Å². The summed E-state index contributed by atoms with van der Waals surface area (Å²) in [5, 5.41) is 9.79. The minimum atomic E-state index is -0.450. The molecule has 0 aliphatic carbocycles. The van der Waals surface area contributed by atoms with Crippen LogP contribution in [-0.2, 0) is 9.53 Å². The summed E-state index contributed by atoms with van der Waals surface area (Å²) in [6.45, 7) is 3.38. The lowest BCUT2D eigenvalue weighted by Gasteiger charge is -2.25. The predicted molar refractivity (Wildman–Crippen MR) is 80.6 cm³/mol. The molecule has 0 saturated carbocycles. The van der Waals surface area contributed by atoms with E-state index in [0.717, 1.165) is 11.0 Å². The highest BCUT2D eigenvalue weighted by Gasteiger charge is 2.37. The van der Waals surface area contributed by atoms with Gasteiger partial charge in [-0.25, -0.2) is 0 Å². The second-order valence-electron chi connectivity index (χ2n) is 5.34. The number of hydrogen-bond acceptors (Lipinski definition) is 4. The summed E-state index contributed by atoms with van der Waals surface area (Å²) in [4.78, 5) is 13.8. The first-order valence-electron chi connectivity index (χ1n) is 6.76. The number of carbonyl (C=O) groups is 1. The quantitative estimate of drug-likeness (QED) is 0.852. The zero-order valence-electron chi connectivity index (χ0n) is 11.8. The van der Waals surface area contributed by atoms with Crippen molar-refractivity contribution in [1.82, 2.24) is 4.90 Å². The zero-order chi connectivity index (χ0) is 14.7. The van der Waals surface area contributed by atoms with Crippen LogP contribution in [0.25, 0.3) is 0 Å². The number of methoxy groups -OCH3 is 1. The number of ether oxygens (including phenoxy) is 1. The average Bonchev–Trinajstić information content (AvgIpc) is 2.78. The van der Waals surface area contributed by atoms with Crippen LogP contribution in [0, 0.1) is 0 Å². The molecular weight excluding hydrogens is 322 g/mol. The predicted octanol–water partition coefficient (Wildman–Crippen LogP) is 2.16. The van der Waals surface area contributed by atoms with Crippen molar-refractivity contribution in [1.29, 1.82) is 0 Å². The van der Waals surface area contributed by atoms with Crippen LogP contribution in [-0.4, -0.2) is 48.3 Å². The van der Waals surface area contributed by atoms with Crippen molar-refractivity contribution >= 4 is 21.9 Å². The molecule has 1 aliphatic heterocycles. The molecule has 1 saturated heterocycles. The molecule has 0 aromatic heterocycles. The Morgan fingerprint density at radius 3 is 3.00 bits per heavy atom. The monoisotopic (exact) mass is 341 g/mol. The number of aliphatic hydroxyl groups excluding tert-OH is 1. The smallest absolute Gasteiger partial charge is 0.323 e. The number of halogens is 1. The third kappa shape index (κ3) is 3.59. The first-order chi connectivity index (χ1) is 9.51. The van der Waals surface area contributed by atoms with Crippen LogP contribution < -0.4 is 0 Å². The summed E-state index contributed by atoms with van der Waals surface area (Å²) in [6.07, 6.45) is 0.00605. The summed E-state index contributed by atoms with van der Waals surface area (Å²) in [5.74, 6) is 0.0212. The second-order valence-corrected chi connectivity index (χ2v) is 6.25. The lowest BCUT2D eigenvalue weighted by Crippen LogP contribution is -2.39. The highest BCUT2D eigenvalue weighted by atomic mass is 79.9. The average molecular weight is 342 g/mol. The van der Waals surface area contributed by atoms with Gasteiger partial charge in [0.15, 0.2) is 0 Å². The molecule has 20 heavy (non-hydrogen) atoms. The van der Waals surface area contributed by atoms with Crippen LogP contribution in [0.4, 0.5) is 0 Å². The molecule has 110 valence electrons. The summed E-state index contributed by atoms with van der Waals surface area (Å²) >= 11 is 3.47. The Bertz CT molecular complexity index is 480. The molecular formula is C15H20BrNO3. The topological polar surface area (TPSA) is 49.8 Å². The van der Waals surface area contributed by atoms with Crippen molar-refractivity contribution in [2.24, 2.45) is 0 Å². The van der Waals surface area contributed by atoms with E-state index in [2.05, 4.69) is 35.0 Å². The van der Waals surface area contributed by atoms with E-state index < -0.39 is 6.10 Å². The van der Waals surface area contributed by atoms with Crippen molar-refractivity contribution in [3.05, 3.63) is 34.3 Å². The van der Waals surface area contributed by atoms with E-state index in [1.165, 1.54) is 12.7 Å². The van der Waals surface area contributed by atoms with Crippen molar-refractivity contribution in [2.75, 3.05) is 20.2 Å². The molecule has 1 unspecified atom stereocenters. The lowest BCUT2D eigenvalue weighted by molar-refractivity contribution is -0.145. The summed E-state index contributed by atoms with van der Waals surface area (Å²) in [5.41, 5.74) is 1.21. The fourth-order valence-electron chi connectivity index (χ4n) is 2.73. The molecule has 0 spiro atoms. The first kappa shape index (κ1) is 15.5. The number of esters is 1. The molecule has 4 nitrogen and oxygen atoms in total. The van der Waals surface area contributed by atoms with Gasteiger partial charge in [-0.1, -0.05) is 35.0 Å². The molecule has 1 aliphatic rings. The van der Waals surface area contributed by atoms with Crippen molar-refractivity contribution in [3.8, 4) is 0 Å². The fraction of sp³-hybridized carbons (Fsp3) is 0.533. The normalized spacial score (nSPS) is 24.6. The second kappa shape index (κ2) is 6.70. The van der Waals surface area contributed by atoms with Gasteiger partial charge in [0.2, 0.25) is 0 Å². The highest BCUT2D eigenvalue weighted by molar-refractivity contribution is 9.10. The summed E-state index contributed by atoms with van der Waals surface area (Å²) < 4.78 is 5.87. The first-order valence-corrected chi connectivity index (χ1v) is 7.56. The van der Waals surface area contributed by atoms with Gasteiger partial charge >= 0.3 is 5.97 Å². The third-order valence-electron chi connectivity index (χ3n) is 3.78. The maximum atomic E-state index is 11.8. The lowest BCUT2D eigenvalue weighted by atomic mass is 10.0. The number of benzene rings is 1. The summed E-state index contributed by atoms with van der Waals surface area (Å²) in [6, 6.07) is 7.84. The molecule has 3 atom stereocenters. The Morgan fingerprint density at radius 2 is 2.35 bits per heavy atom. The largest absolute Gasteiger partial charge is 0.468 e. The van der Waals surface area contributed by atoms with E-state index in [1.54, 1.807) is 0 Å². The van der Waals surface area contributed by atoms with Crippen LogP contribution in [0.2, 0.25) is 0 Å². The Balaban J connectivity index is 2.06. The van der Waals surface area contributed by atoms with Crippen molar-refractivity contribution in [2.45, 2.75) is 31.4 Å². The van der Waals surface area contributed by atoms with Gasteiger partial charge in [-0.15, -0.1) is 0 Å². The van der Waals surface area contributed by atoms with Crippen LogP contribution in [0.5, 0.6) is 0 Å². The van der Waals surface area contributed by atoms with Gasteiger partial charge in [0.05, 0.1) is 13.2 Å². The van der Waals surface area contributed by atoms with Crippen LogP contribution in [0.1, 0.15) is 24.8 Å². The number of likely N-dealkylation sites (tertiary alicyclic amines) is 1. The Morgan fingerprint density at radius 1 is 1.60 bits per heavy atom. The minimum Gasteiger partial charge on any atom is -0.468 e. The number of rotatable bonds is 4. The standard InChI is InChI=1S/C15H20BrNO3/c1-10(11-4-3-5-12(16)6-11)8-17-9-13(18)7-14(17)15(19)20-2/h3-6,10,13-14,18H,7-9H2,1-2H3/t10?,13-,14-/m0/s1. The Kier molecular flexibility index (Phi) is 5.18. The van der Waals surface area contributed by atoms with Crippen molar-refractivity contribution < 1.29 is 14.6 Å². The molecule has 5 heteroatoms. The van der Waals surface area contributed by atoms with Crippen LogP contribution >= 0.6 is 15.9 Å². The Labute approximate surface area is 127 Å². The zero-order valence-corrected chi connectivity index (χ0v) is 13.3. The van der Waals surface area contributed by atoms with E-state index >= 15 is 0 Å². The van der Waals surface area contributed by atoms with Gasteiger partial charge in [-0.2, -0.15) is 0 Å². The minimum absolute atomic E-state index is 0.261. The van der Waals surface area contributed by atoms with Crippen LogP contribution in [0.15, 0.2) is 28.7 Å². The van der Waals surface area contributed by atoms with Gasteiger partial charge in [0, 0.05) is 24.0 Å². The van der Waals surface area contributed by atoms with E-state index in [0.29, 0.717) is 13.0 Å². The molecule has 1 N–H and O–H groups in total. The molecule has 1 aromatic carbocycles. The molecule has 0 amide bonds. The molecule has 0 radical (unpaired) electrons. The van der Waals surface area contributed by atoms with E-state index in [9.17, 15) is 9.90 Å². The maximum Gasteiger partial charge on any atom is 0.323 e. The van der Waals surface area contributed by atoms with E-state index in [1.807, 2.05) is 17.0 Å². The summed E-state index contributed by atoms with van der Waals surface area (Å²) in [7, 11) is 1.39. The van der Waals surface area contributed by atoms with E-state index in [-0.39, 0.29) is 17.9 Å². The molecule has 0 bridgehead atoms. The van der Waals surface area contributed by atoms with Crippen molar-refractivity contribution in [3.63, 3.8) is 0 Å². The third-order valence-corrected chi connectivity index (χ3v) is 4.27. The van der Waals surface area contributed by atoms with Gasteiger partial charge in [0.1, 0.15) is 6.04 Å². The maximum absolute atomic E-state index is 11.8. The van der Waals surface area contributed by atoms with Gasteiger partial charge in [-0.05, 0) is 23.6 Å². The van der Waals surface area contributed by atoms with Gasteiger partial charge < -0.3 is 9.84 Å². The van der Waals surface area contributed by atoms with Gasteiger partial charge in [0.25, 0.3) is 0 Å². The molecule has 1 heterocycles. The number of aliphatic hydroxyl groups is 1. The Hall–Kier alpha value is -0.910. The number of nitrogens with zero attached hydrogens (tertiary/aromatic N) is 1. The molecule has 1 fully saturated rings. The molecule has 2 rings (SSSR count). The van der Waals surface area contributed by atoms with E-state index in [4.69, 9.17) is 4.74 Å². The van der Waals surface area contributed by atoms with Crippen LogP contribution in [0.3, 0.4) is 0 Å². The fourth-order valence-corrected chi connectivity index (χ4v) is 3.15. The number of β-amino-alcohol motifs (C(OH)–C–C–N with tert-alkyl or cyclic N) is 1. The number of hydrogen-bond donors (Lipinski definition) is 1. The SMILES string of the molecule is COC(=O)[C@@H]1C[C@H](O)CN1CC(C)c1cccc(Br)c1. The number of carbonyl (C=O) groups excluding carboxylic acids is 1. The molecule has 1 aromatic rings. The highest BCUT2D eigenvalue weighted by Crippen LogP contribution is 2.25.